The third-order valence-electron chi connectivity index (χ3n) is 3.23. The fraction of sp³-hybridized carbons (Fsp3) is 0.294. The molecule has 23 heavy (non-hydrogen) atoms. The molecule has 0 bridgehead atoms. The Labute approximate surface area is 139 Å². The molecule has 1 N–H and O–H groups in total. The SMILES string of the molecule is COc1cc(/C=C/c2cc(=O)[nH]c(C(C)C)n2)cc(Cl)c1OC. The largest absolute Gasteiger partial charge is 0.493 e. The quantitative estimate of drug-likeness (QED) is 0.904. The third-order valence-corrected chi connectivity index (χ3v) is 3.51. The van der Waals surface area contributed by atoms with Gasteiger partial charge >= 0.3 is 0 Å². The van der Waals surface area contributed by atoms with Gasteiger partial charge in [-0.05, 0) is 23.8 Å². The second-order valence-corrected chi connectivity index (χ2v) is 5.69. The Bertz CT molecular complexity index is 782. The van der Waals surface area contributed by atoms with Crippen LogP contribution in [-0.2, 0) is 0 Å². The fourth-order valence-electron chi connectivity index (χ4n) is 2.07. The molecule has 0 saturated carbocycles. The van der Waals surface area contributed by atoms with E-state index < -0.39 is 0 Å². The van der Waals surface area contributed by atoms with Gasteiger partial charge in [-0.2, -0.15) is 0 Å². The van der Waals surface area contributed by atoms with Gasteiger partial charge in [0, 0.05) is 12.0 Å². The second-order valence-electron chi connectivity index (χ2n) is 5.28. The van der Waals surface area contributed by atoms with E-state index in [1.807, 2.05) is 19.9 Å². The molecule has 5 nitrogen and oxygen atoms in total. The number of ether oxygens (including phenoxy) is 2. The van der Waals surface area contributed by atoms with Crippen molar-refractivity contribution in [2.75, 3.05) is 14.2 Å². The first-order chi connectivity index (χ1) is 10.9. The molecular formula is C17H19ClN2O3. The lowest BCUT2D eigenvalue weighted by molar-refractivity contribution is 0.355. The molecule has 0 aliphatic carbocycles. The third kappa shape index (κ3) is 4.13. The number of benzene rings is 1. The molecule has 1 aromatic carbocycles. The zero-order valence-electron chi connectivity index (χ0n) is 13.5. The van der Waals surface area contributed by atoms with Crippen LogP contribution in [-0.4, -0.2) is 24.2 Å². The van der Waals surface area contributed by atoms with E-state index in [1.165, 1.54) is 13.2 Å². The molecule has 0 saturated heterocycles. The monoisotopic (exact) mass is 334 g/mol. The number of rotatable bonds is 5. The normalized spacial score (nSPS) is 11.2. The van der Waals surface area contributed by atoms with Gasteiger partial charge in [0.15, 0.2) is 11.5 Å². The minimum Gasteiger partial charge on any atom is -0.493 e. The topological polar surface area (TPSA) is 64.2 Å². The Hall–Kier alpha value is -2.27. The van der Waals surface area contributed by atoms with Crippen LogP contribution in [0.2, 0.25) is 5.02 Å². The van der Waals surface area contributed by atoms with Crippen LogP contribution in [0.15, 0.2) is 23.0 Å². The Morgan fingerprint density at radius 3 is 2.52 bits per heavy atom. The zero-order chi connectivity index (χ0) is 17.0. The average molecular weight is 335 g/mol. The summed E-state index contributed by atoms with van der Waals surface area (Å²) in [5, 5.41) is 0.452. The molecule has 0 unspecified atom stereocenters. The van der Waals surface area contributed by atoms with Crippen molar-refractivity contribution in [3.05, 3.63) is 50.7 Å². The van der Waals surface area contributed by atoms with E-state index in [-0.39, 0.29) is 11.5 Å². The van der Waals surface area contributed by atoms with Gasteiger partial charge in [-0.3, -0.25) is 4.79 Å². The van der Waals surface area contributed by atoms with Crippen molar-refractivity contribution in [2.24, 2.45) is 0 Å². The van der Waals surface area contributed by atoms with Gasteiger partial charge in [0.25, 0.3) is 5.56 Å². The number of nitrogens with one attached hydrogen (secondary N) is 1. The van der Waals surface area contributed by atoms with E-state index in [4.69, 9.17) is 21.1 Å². The van der Waals surface area contributed by atoms with Crippen molar-refractivity contribution in [1.29, 1.82) is 0 Å². The van der Waals surface area contributed by atoms with Crippen molar-refractivity contribution >= 4 is 23.8 Å². The first-order valence-electron chi connectivity index (χ1n) is 7.15. The van der Waals surface area contributed by atoms with Gasteiger partial charge in [0.1, 0.15) is 5.82 Å². The van der Waals surface area contributed by atoms with Crippen LogP contribution in [0.1, 0.15) is 36.8 Å². The zero-order valence-corrected chi connectivity index (χ0v) is 14.3. The summed E-state index contributed by atoms with van der Waals surface area (Å²) >= 11 is 6.18. The van der Waals surface area contributed by atoms with Crippen molar-refractivity contribution < 1.29 is 9.47 Å². The maximum absolute atomic E-state index is 11.7. The molecule has 1 heterocycles. The molecule has 122 valence electrons. The van der Waals surface area contributed by atoms with Crippen molar-refractivity contribution in [3.8, 4) is 11.5 Å². The predicted octanol–water partition coefficient (Wildman–Crippen LogP) is 3.73. The van der Waals surface area contributed by atoms with Gasteiger partial charge in [0.05, 0.1) is 24.9 Å². The van der Waals surface area contributed by atoms with Crippen LogP contribution >= 0.6 is 11.6 Å². The highest BCUT2D eigenvalue weighted by molar-refractivity contribution is 6.32. The summed E-state index contributed by atoms with van der Waals surface area (Å²) in [5.74, 6) is 1.83. The van der Waals surface area contributed by atoms with Crippen LogP contribution in [0.3, 0.4) is 0 Å². The predicted molar refractivity (Wildman–Crippen MR) is 92.4 cm³/mol. The number of nitrogens with zero attached hydrogens (tertiary/aromatic N) is 1. The molecular weight excluding hydrogens is 316 g/mol. The number of methoxy groups -OCH3 is 2. The lowest BCUT2D eigenvalue weighted by Crippen LogP contribution is -2.12. The molecule has 0 amide bonds. The smallest absolute Gasteiger partial charge is 0.251 e. The standard InChI is InChI=1S/C17H19ClN2O3/c1-10(2)17-19-12(9-15(21)20-17)6-5-11-7-13(18)16(23-4)14(8-11)22-3/h5-10H,1-4H3,(H,19,20,21)/b6-5+. The molecule has 0 fully saturated rings. The fourth-order valence-corrected chi connectivity index (χ4v) is 2.37. The Morgan fingerprint density at radius 2 is 1.91 bits per heavy atom. The number of aromatic nitrogens is 2. The minimum absolute atomic E-state index is 0.145. The number of halogens is 1. The highest BCUT2D eigenvalue weighted by Gasteiger charge is 2.10. The first-order valence-corrected chi connectivity index (χ1v) is 7.53. The lowest BCUT2D eigenvalue weighted by atomic mass is 10.1. The highest BCUT2D eigenvalue weighted by Crippen LogP contribution is 2.36. The van der Waals surface area contributed by atoms with Crippen LogP contribution in [0.4, 0.5) is 0 Å². The molecule has 0 aliphatic heterocycles. The van der Waals surface area contributed by atoms with Crippen molar-refractivity contribution in [2.45, 2.75) is 19.8 Å². The summed E-state index contributed by atoms with van der Waals surface area (Å²) in [7, 11) is 3.09. The molecule has 0 atom stereocenters. The summed E-state index contributed by atoms with van der Waals surface area (Å²) in [5.41, 5.74) is 1.23. The maximum atomic E-state index is 11.7. The van der Waals surface area contributed by atoms with Crippen molar-refractivity contribution in [1.82, 2.24) is 9.97 Å². The van der Waals surface area contributed by atoms with Crippen LogP contribution in [0.5, 0.6) is 11.5 Å². The van der Waals surface area contributed by atoms with Crippen molar-refractivity contribution in [3.63, 3.8) is 0 Å². The second kappa shape index (κ2) is 7.33. The Kier molecular flexibility index (Phi) is 5.45. The highest BCUT2D eigenvalue weighted by atomic mass is 35.5. The van der Waals surface area contributed by atoms with E-state index in [1.54, 1.807) is 25.3 Å². The average Bonchev–Trinajstić information content (AvgIpc) is 2.51. The molecule has 2 aromatic rings. The minimum atomic E-state index is -0.173. The molecule has 0 aliphatic rings. The lowest BCUT2D eigenvalue weighted by Gasteiger charge is -2.10. The van der Waals surface area contributed by atoms with Gasteiger partial charge in [-0.15, -0.1) is 0 Å². The summed E-state index contributed by atoms with van der Waals surface area (Å²) < 4.78 is 10.5. The van der Waals surface area contributed by atoms with E-state index >= 15 is 0 Å². The molecule has 2 rings (SSSR count). The Morgan fingerprint density at radius 1 is 1.17 bits per heavy atom. The first kappa shape index (κ1) is 17.1. The summed E-state index contributed by atoms with van der Waals surface area (Å²) in [6.07, 6.45) is 3.58. The number of aromatic amines is 1. The summed E-state index contributed by atoms with van der Waals surface area (Å²) in [4.78, 5) is 18.8. The van der Waals surface area contributed by atoms with Crippen LogP contribution in [0, 0.1) is 0 Å². The maximum Gasteiger partial charge on any atom is 0.251 e. The summed E-state index contributed by atoms with van der Waals surface area (Å²) in [6.45, 7) is 3.94. The number of H-pyrrole nitrogens is 1. The molecule has 0 spiro atoms. The van der Waals surface area contributed by atoms with E-state index in [9.17, 15) is 4.79 Å². The number of hydrogen-bond acceptors (Lipinski definition) is 4. The van der Waals surface area contributed by atoms with E-state index in [2.05, 4.69) is 9.97 Å². The van der Waals surface area contributed by atoms with Gasteiger partial charge in [0.2, 0.25) is 0 Å². The number of hydrogen-bond donors (Lipinski definition) is 1. The summed E-state index contributed by atoms with van der Waals surface area (Å²) in [6, 6.07) is 5.01. The van der Waals surface area contributed by atoms with Gasteiger partial charge in [-0.25, -0.2) is 4.98 Å². The van der Waals surface area contributed by atoms with Gasteiger partial charge in [-0.1, -0.05) is 31.5 Å². The molecule has 0 radical (unpaired) electrons. The Balaban J connectivity index is 2.37. The van der Waals surface area contributed by atoms with Gasteiger partial charge < -0.3 is 14.5 Å². The van der Waals surface area contributed by atoms with Crippen LogP contribution < -0.4 is 15.0 Å². The van der Waals surface area contributed by atoms with Crippen LogP contribution in [0.25, 0.3) is 12.2 Å². The van der Waals surface area contributed by atoms with E-state index in [0.717, 1.165) is 5.56 Å². The van der Waals surface area contributed by atoms with E-state index in [0.29, 0.717) is 28.0 Å². The molecule has 1 aromatic heterocycles. The molecule has 6 heteroatoms.